The number of rotatable bonds is 5. The molecule has 3 rings (SSSR count). The molecular formula is C13H22N4. The van der Waals surface area contributed by atoms with Crippen molar-refractivity contribution < 1.29 is 0 Å². The molecule has 0 saturated heterocycles. The van der Waals surface area contributed by atoms with Gasteiger partial charge in [0, 0.05) is 19.1 Å². The van der Waals surface area contributed by atoms with Gasteiger partial charge in [0.2, 0.25) is 0 Å². The molecule has 2 aliphatic rings. The molecule has 2 fully saturated rings. The zero-order valence-electron chi connectivity index (χ0n) is 10.8. The highest BCUT2D eigenvalue weighted by molar-refractivity contribution is 5.67. The summed E-state index contributed by atoms with van der Waals surface area (Å²) in [6.07, 6.45) is 5.42. The van der Waals surface area contributed by atoms with Crippen LogP contribution < -0.4 is 10.6 Å². The lowest BCUT2D eigenvalue weighted by atomic mass is 10.3. The summed E-state index contributed by atoms with van der Waals surface area (Å²) in [5, 5.41) is 4.54. The number of anilines is 2. The third-order valence-electron chi connectivity index (χ3n) is 3.86. The van der Waals surface area contributed by atoms with Gasteiger partial charge in [-0.15, -0.1) is 0 Å². The van der Waals surface area contributed by atoms with Crippen LogP contribution in [0.25, 0.3) is 0 Å². The molecule has 2 aliphatic carbocycles. The fourth-order valence-electron chi connectivity index (χ4n) is 2.48. The van der Waals surface area contributed by atoms with E-state index >= 15 is 0 Å². The summed E-state index contributed by atoms with van der Waals surface area (Å²) < 4.78 is 2.07. The van der Waals surface area contributed by atoms with E-state index in [-0.39, 0.29) is 0 Å². The Morgan fingerprint density at radius 3 is 2.59 bits per heavy atom. The van der Waals surface area contributed by atoms with Gasteiger partial charge in [-0.2, -0.15) is 5.10 Å². The molecule has 0 spiro atoms. The fraction of sp³-hybridized carbons (Fsp3) is 0.769. The number of nitrogen functional groups attached to an aromatic ring is 1. The minimum atomic E-state index is 0.722. The van der Waals surface area contributed by atoms with Crippen LogP contribution in [0.4, 0.5) is 11.5 Å². The number of nitrogens with two attached hydrogens (primary N) is 1. The van der Waals surface area contributed by atoms with E-state index in [9.17, 15) is 0 Å². The van der Waals surface area contributed by atoms with Crippen molar-refractivity contribution in [2.45, 2.75) is 52.1 Å². The molecule has 0 amide bonds. The maximum absolute atomic E-state index is 6.22. The van der Waals surface area contributed by atoms with Crippen molar-refractivity contribution in [3.05, 3.63) is 5.69 Å². The number of aryl methyl sites for hydroxylation is 2. The molecule has 0 bridgehead atoms. The highest BCUT2D eigenvalue weighted by Gasteiger charge is 2.36. The Balaban J connectivity index is 1.92. The molecule has 0 unspecified atom stereocenters. The highest BCUT2D eigenvalue weighted by atomic mass is 15.4. The van der Waals surface area contributed by atoms with E-state index in [1.807, 2.05) is 6.92 Å². The van der Waals surface area contributed by atoms with Gasteiger partial charge in [-0.25, -0.2) is 4.68 Å². The van der Waals surface area contributed by atoms with Crippen molar-refractivity contribution in [1.29, 1.82) is 0 Å². The van der Waals surface area contributed by atoms with Gasteiger partial charge in [0.25, 0.3) is 0 Å². The summed E-state index contributed by atoms with van der Waals surface area (Å²) in [6.45, 7) is 6.23. The highest BCUT2D eigenvalue weighted by Crippen LogP contribution is 2.40. The van der Waals surface area contributed by atoms with E-state index in [1.54, 1.807) is 0 Å². The van der Waals surface area contributed by atoms with Crippen LogP contribution in [0.2, 0.25) is 0 Å². The first-order chi connectivity index (χ1) is 8.20. The van der Waals surface area contributed by atoms with Gasteiger partial charge in [0.05, 0.1) is 11.4 Å². The maximum Gasteiger partial charge on any atom is 0.150 e. The van der Waals surface area contributed by atoms with Gasteiger partial charge in [0.15, 0.2) is 5.82 Å². The zero-order chi connectivity index (χ0) is 12.0. The third-order valence-corrected chi connectivity index (χ3v) is 3.86. The maximum atomic E-state index is 6.22. The van der Waals surface area contributed by atoms with E-state index in [1.165, 1.54) is 38.0 Å². The molecule has 0 aliphatic heterocycles. The predicted octanol–water partition coefficient (Wildman–Crippen LogP) is 2.17. The first-order valence-electron chi connectivity index (χ1n) is 6.80. The van der Waals surface area contributed by atoms with Crippen molar-refractivity contribution in [1.82, 2.24) is 9.78 Å². The minimum Gasteiger partial charge on any atom is -0.394 e. The molecule has 94 valence electrons. The first kappa shape index (κ1) is 10.9. The number of aromatic nitrogens is 2. The van der Waals surface area contributed by atoms with E-state index in [4.69, 9.17) is 5.73 Å². The van der Waals surface area contributed by atoms with Crippen molar-refractivity contribution >= 4 is 11.5 Å². The number of hydrogen-bond acceptors (Lipinski definition) is 3. The minimum absolute atomic E-state index is 0.722. The van der Waals surface area contributed by atoms with E-state index < -0.39 is 0 Å². The van der Waals surface area contributed by atoms with Gasteiger partial charge in [-0.1, -0.05) is 0 Å². The molecule has 0 radical (unpaired) electrons. The van der Waals surface area contributed by atoms with Gasteiger partial charge >= 0.3 is 0 Å². The number of nitrogens with zero attached hydrogens (tertiary/aromatic N) is 3. The van der Waals surface area contributed by atoms with Crippen LogP contribution in [0.15, 0.2) is 0 Å². The average Bonchev–Trinajstić information content (AvgIpc) is 3.18. The van der Waals surface area contributed by atoms with Crippen LogP contribution in [-0.2, 0) is 6.54 Å². The topological polar surface area (TPSA) is 47.1 Å². The van der Waals surface area contributed by atoms with Crippen molar-refractivity contribution in [3.8, 4) is 0 Å². The van der Waals surface area contributed by atoms with E-state index in [0.29, 0.717) is 0 Å². The van der Waals surface area contributed by atoms with Crippen molar-refractivity contribution in [3.63, 3.8) is 0 Å². The van der Waals surface area contributed by atoms with Crippen LogP contribution in [0.1, 0.15) is 38.3 Å². The van der Waals surface area contributed by atoms with Crippen LogP contribution in [0.3, 0.4) is 0 Å². The fourth-order valence-corrected chi connectivity index (χ4v) is 2.48. The lowest BCUT2D eigenvalue weighted by molar-refractivity contribution is 0.614. The second-order valence-electron chi connectivity index (χ2n) is 5.47. The molecule has 1 aromatic heterocycles. The lowest BCUT2D eigenvalue weighted by Gasteiger charge is -2.25. The Morgan fingerprint density at radius 1 is 1.35 bits per heavy atom. The summed E-state index contributed by atoms with van der Waals surface area (Å²) >= 11 is 0. The van der Waals surface area contributed by atoms with Gasteiger partial charge in [0.1, 0.15) is 0 Å². The second-order valence-corrected chi connectivity index (χ2v) is 5.47. The monoisotopic (exact) mass is 234 g/mol. The Kier molecular flexibility index (Phi) is 2.53. The van der Waals surface area contributed by atoms with Crippen LogP contribution in [0, 0.1) is 12.8 Å². The van der Waals surface area contributed by atoms with Gasteiger partial charge in [-0.3, -0.25) is 0 Å². The molecule has 0 atom stereocenters. The Labute approximate surface area is 103 Å². The summed E-state index contributed by atoms with van der Waals surface area (Å²) in [7, 11) is 0. The average molecular weight is 234 g/mol. The number of hydrogen-bond donors (Lipinski definition) is 1. The Hall–Kier alpha value is -1.19. The van der Waals surface area contributed by atoms with Crippen LogP contribution >= 0.6 is 0 Å². The Bertz CT molecular complexity index is 415. The smallest absolute Gasteiger partial charge is 0.150 e. The third kappa shape index (κ3) is 2.01. The quantitative estimate of drug-likeness (QED) is 0.849. The largest absolute Gasteiger partial charge is 0.394 e. The zero-order valence-corrected chi connectivity index (χ0v) is 10.8. The van der Waals surface area contributed by atoms with Gasteiger partial charge in [-0.05, 0) is 45.4 Å². The molecule has 4 heteroatoms. The molecule has 17 heavy (non-hydrogen) atoms. The molecule has 2 saturated carbocycles. The molecular weight excluding hydrogens is 212 g/mol. The molecule has 1 heterocycles. The molecule has 2 N–H and O–H groups in total. The second kappa shape index (κ2) is 3.93. The van der Waals surface area contributed by atoms with E-state index in [2.05, 4.69) is 21.6 Å². The van der Waals surface area contributed by atoms with Crippen molar-refractivity contribution in [2.24, 2.45) is 5.92 Å². The van der Waals surface area contributed by atoms with Crippen LogP contribution in [0.5, 0.6) is 0 Å². The predicted molar refractivity (Wildman–Crippen MR) is 70.1 cm³/mol. The van der Waals surface area contributed by atoms with Gasteiger partial charge < -0.3 is 10.6 Å². The summed E-state index contributed by atoms with van der Waals surface area (Å²) in [6, 6.07) is 0.722. The van der Waals surface area contributed by atoms with Crippen LogP contribution in [-0.4, -0.2) is 22.4 Å². The lowest BCUT2D eigenvalue weighted by Crippen LogP contribution is -2.31. The Morgan fingerprint density at radius 2 is 2.06 bits per heavy atom. The first-order valence-corrected chi connectivity index (χ1v) is 6.80. The molecule has 0 aromatic carbocycles. The standard InChI is InChI=1S/C13H22N4/c1-3-17-13(12(14)9(2)15-17)16(11-6-7-11)8-10-4-5-10/h10-11H,3-8,14H2,1-2H3. The summed E-state index contributed by atoms with van der Waals surface area (Å²) in [5.41, 5.74) is 8.08. The SMILES string of the molecule is CCn1nc(C)c(N)c1N(CC1CC1)C1CC1. The normalized spacial score (nSPS) is 19.6. The van der Waals surface area contributed by atoms with E-state index in [0.717, 1.165) is 29.9 Å². The molecule has 4 nitrogen and oxygen atoms in total. The summed E-state index contributed by atoms with van der Waals surface area (Å²) in [4.78, 5) is 2.52. The molecule has 1 aromatic rings. The van der Waals surface area contributed by atoms with Crippen molar-refractivity contribution in [2.75, 3.05) is 17.2 Å². The summed E-state index contributed by atoms with van der Waals surface area (Å²) in [5.74, 6) is 2.08.